The van der Waals surface area contributed by atoms with Crippen molar-refractivity contribution in [2.24, 2.45) is 0 Å². The SMILES string of the molecule is Cc1ccc(SCc2ccc(-c3ccc(C(F)(F)F)cc3)cc2)c(-c2cccc(-n3ncc(C(=O)O)c3C(F)(F)F)n2)c1. The maximum Gasteiger partial charge on any atom is 0.434 e. The van der Waals surface area contributed by atoms with Gasteiger partial charge in [0.15, 0.2) is 11.5 Å². The smallest absolute Gasteiger partial charge is 0.434 e. The summed E-state index contributed by atoms with van der Waals surface area (Å²) < 4.78 is 80.4. The van der Waals surface area contributed by atoms with Crippen LogP contribution >= 0.6 is 11.8 Å². The molecule has 0 unspecified atom stereocenters. The molecule has 220 valence electrons. The summed E-state index contributed by atoms with van der Waals surface area (Å²) in [4.78, 5) is 16.6. The van der Waals surface area contributed by atoms with Gasteiger partial charge in [0.1, 0.15) is 5.56 Å². The first-order valence-corrected chi connectivity index (χ1v) is 13.7. The van der Waals surface area contributed by atoms with Crippen LogP contribution in [0, 0.1) is 6.92 Å². The Morgan fingerprint density at radius 2 is 1.51 bits per heavy atom. The van der Waals surface area contributed by atoms with E-state index in [-0.39, 0.29) is 5.82 Å². The minimum absolute atomic E-state index is 0.186. The molecule has 3 aromatic carbocycles. The van der Waals surface area contributed by atoms with E-state index in [0.717, 1.165) is 33.7 Å². The molecule has 1 N–H and O–H groups in total. The van der Waals surface area contributed by atoms with Crippen molar-refractivity contribution in [3.05, 3.63) is 119 Å². The number of benzene rings is 3. The lowest BCUT2D eigenvalue weighted by Gasteiger charge is -2.14. The molecule has 0 amide bonds. The maximum absolute atomic E-state index is 13.8. The summed E-state index contributed by atoms with van der Waals surface area (Å²) in [5, 5.41) is 12.9. The molecular weight excluding hydrogens is 592 g/mol. The Morgan fingerprint density at radius 1 is 0.860 bits per heavy atom. The number of aryl methyl sites for hydroxylation is 1. The summed E-state index contributed by atoms with van der Waals surface area (Å²) in [5.74, 6) is -1.41. The molecule has 5 nitrogen and oxygen atoms in total. The van der Waals surface area contributed by atoms with E-state index in [1.165, 1.54) is 36.0 Å². The van der Waals surface area contributed by atoms with Crippen LogP contribution in [0.4, 0.5) is 26.3 Å². The maximum atomic E-state index is 13.8. The zero-order valence-corrected chi connectivity index (χ0v) is 23.1. The fourth-order valence-electron chi connectivity index (χ4n) is 4.42. The van der Waals surface area contributed by atoms with Gasteiger partial charge >= 0.3 is 18.3 Å². The zero-order valence-electron chi connectivity index (χ0n) is 22.2. The number of thioether (sulfide) groups is 1. The van der Waals surface area contributed by atoms with E-state index in [9.17, 15) is 36.2 Å². The summed E-state index contributed by atoms with van der Waals surface area (Å²) in [7, 11) is 0. The van der Waals surface area contributed by atoms with Crippen molar-refractivity contribution in [1.82, 2.24) is 14.8 Å². The second-order valence-corrected chi connectivity index (χ2v) is 10.6. The van der Waals surface area contributed by atoms with Crippen molar-refractivity contribution in [2.75, 3.05) is 0 Å². The molecule has 43 heavy (non-hydrogen) atoms. The van der Waals surface area contributed by atoms with Crippen molar-refractivity contribution < 1.29 is 36.2 Å². The number of hydrogen-bond acceptors (Lipinski definition) is 4. The van der Waals surface area contributed by atoms with Crippen molar-refractivity contribution >= 4 is 17.7 Å². The number of aromatic carboxylic acids is 1. The van der Waals surface area contributed by atoms with Gasteiger partial charge in [-0.25, -0.2) is 14.5 Å². The lowest BCUT2D eigenvalue weighted by atomic mass is 10.0. The Hall–Kier alpha value is -4.58. The normalized spacial score (nSPS) is 12.0. The Bertz CT molecular complexity index is 1780. The standard InChI is InChI=1S/C31H21F6N3O2S/c1-18-5-14-26(43-17-19-6-8-20(9-7-19)21-10-12-22(13-11-21)30(32,33)34)23(15-18)25-3-2-4-27(39-25)40-28(31(35,36)37)24(16-38-40)29(41)42/h2-16H,17H2,1H3,(H,41,42). The van der Waals surface area contributed by atoms with Gasteiger partial charge in [-0.15, -0.1) is 11.8 Å². The van der Waals surface area contributed by atoms with Crippen LogP contribution in [0.25, 0.3) is 28.2 Å². The number of carboxylic acid groups (broad SMARTS) is 1. The fourth-order valence-corrected chi connectivity index (χ4v) is 5.42. The minimum atomic E-state index is -4.98. The molecule has 12 heteroatoms. The number of carbonyl (C=O) groups is 1. The van der Waals surface area contributed by atoms with Crippen LogP contribution in [0.3, 0.4) is 0 Å². The highest BCUT2D eigenvalue weighted by Crippen LogP contribution is 2.37. The molecular formula is C31H21F6N3O2S. The summed E-state index contributed by atoms with van der Waals surface area (Å²) >= 11 is 1.48. The number of alkyl halides is 6. The first-order valence-electron chi connectivity index (χ1n) is 12.7. The van der Waals surface area contributed by atoms with E-state index in [1.54, 1.807) is 6.07 Å². The van der Waals surface area contributed by atoms with Crippen LogP contribution in [-0.2, 0) is 18.1 Å². The quantitative estimate of drug-likeness (QED) is 0.147. The van der Waals surface area contributed by atoms with Crippen molar-refractivity contribution in [1.29, 1.82) is 0 Å². The number of pyridine rings is 1. The molecule has 2 heterocycles. The number of nitrogens with zero attached hydrogens (tertiary/aromatic N) is 3. The van der Waals surface area contributed by atoms with Gasteiger partial charge in [-0.3, -0.25) is 0 Å². The number of rotatable bonds is 7. The van der Waals surface area contributed by atoms with Crippen molar-refractivity contribution in [2.45, 2.75) is 29.9 Å². The second kappa shape index (κ2) is 11.6. The Kier molecular flexibility index (Phi) is 8.06. The Labute approximate surface area is 245 Å². The van der Waals surface area contributed by atoms with Crippen LogP contribution in [0.1, 0.15) is 32.7 Å². The van der Waals surface area contributed by atoms with E-state index < -0.39 is 35.1 Å². The van der Waals surface area contributed by atoms with Gasteiger partial charge in [0, 0.05) is 16.2 Å². The minimum Gasteiger partial charge on any atom is -0.478 e. The molecule has 0 saturated carbocycles. The third-order valence-electron chi connectivity index (χ3n) is 6.52. The van der Waals surface area contributed by atoms with E-state index in [4.69, 9.17) is 0 Å². The summed E-state index contributed by atoms with van der Waals surface area (Å²) in [5.41, 5.74) is 1.20. The number of hydrogen-bond donors (Lipinski definition) is 1. The van der Waals surface area contributed by atoms with Gasteiger partial charge in [0.2, 0.25) is 0 Å². The topological polar surface area (TPSA) is 68.0 Å². The second-order valence-electron chi connectivity index (χ2n) is 9.56. The number of halogens is 6. The highest BCUT2D eigenvalue weighted by Gasteiger charge is 2.41. The summed E-state index contributed by atoms with van der Waals surface area (Å²) in [6, 6.07) is 22.5. The van der Waals surface area contributed by atoms with Gasteiger partial charge in [-0.05, 0) is 60.0 Å². The third kappa shape index (κ3) is 6.59. The average Bonchev–Trinajstić information content (AvgIpc) is 3.43. The average molecular weight is 614 g/mol. The predicted molar refractivity (Wildman–Crippen MR) is 150 cm³/mol. The molecule has 0 saturated heterocycles. The van der Waals surface area contributed by atoms with Gasteiger partial charge in [0.05, 0.1) is 17.5 Å². The molecule has 0 bridgehead atoms. The summed E-state index contributed by atoms with van der Waals surface area (Å²) in [6.45, 7) is 1.87. The zero-order chi connectivity index (χ0) is 30.9. The number of aromatic nitrogens is 3. The van der Waals surface area contributed by atoms with Crippen LogP contribution < -0.4 is 0 Å². The molecule has 5 rings (SSSR count). The molecule has 0 spiro atoms. The molecule has 0 aliphatic rings. The Balaban J connectivity index is 1.39. The van der Waals surface area contributed by atoms with Crippen LogP contribution in [0.15, 0.2) is 96.0 Å². The monoisotopic (exact) mass is 613 g/mol. The van der Waals surface area contributed by atoms with E-state index >= 15 is 0 Å². The predicted octanol–water partition coefficient (Wildman–Crippen LogP) is 8.94. The van der Waals surface area contributed by atoms with Gasteiger partial charge < -0.3 is 5.11 Å². The largest absolute Gasteiger partial charge is 0.478 e. The first kappa shape index (κ1) is 29.9. The van der Waals surface area contributed by atoms with E-state index in [1.807, 2.05) is 49.4 Å². The lowest BCUT2D eigenvalue weighted by molar-refractivity contribution is -0.143. The lowest BCUT2D eigenvalue weighted by Crippen LogP contribution is -2.18. The van der Waals surface area contributed by atoms with Crippen LogP contribution in [0.2, 0.25) is 0 Å². The molecule has 2 aromatic heterocycles. The third-order valence-corrected chi connectivity index (χ3v) is 7.67. The molecule has 0 fully saturated rings. The highest BCUT2D eigenvalue weighted by molar-refractivity contribution is 7.98. The fraction of sp³-hybridized carbons (Fsp3) is 0.129. The summed E-state index contributed by atoms with van der Waals surface area (Å²) in [6.07, 6.45) is -8.73. The molecule has 0 atom stereocenters. The molecule has 0 aliphatic heterocycles. The molecule has 0 aliphatic carbocycles. The van der Waals surface area contributed by atoms with E-state index in [2.05, 4.69) is 10.1 Å². The Morgan fingerprint density at radius 3 is 2.12 bits per heavy atom. The first-order chi connectivity index (χ1) is 20.3. The highest BCUT2D eigenvalue weighted by atomic mass is 32.2. The van der Waals surface area contributed by atoms with Gasteiger partial charge in [-0.1, -0.05) is 54.1 Å². The molecule has 0 radical (unpaired) electrons. The van der Waals surface area contributed by atoms with Crippen molar-refractivity contribution in [3.8, 4) is 28.2 Å². The van der Waals surface area contributed by atoms with Gasteiger partial charge in [-0.2, -0.15) is 31.4 Å². The molecule has 5 aromatic rings. The van der Waals surface area contributed by atoms with Crippen LogP contribution in [0.5, 0.6) is 0 Å². The van der Waals surface area contributed by atoms with E-state index in [0.29, 0.717) is 33.5 Å². The van der Waals surface area contributed by atoms with Gasteiger partial charge in [0.25, 0.3) is 0 Å². The van der Waals surface area contributed by atoms with Crippen molar-refractivity contribution in [3.63, 3.8) is 0 Å². The van der Waals surface area contributed by atoms with Crippen LogP contribution in [-0.4, -0.2) is 25.8 Å². The number of carboxylic acids is 1.